The molecular formula is C17H17N2O3. The summed E-state index contributed by atoms with van der Waals surface area (Å²) in [6, 6.07) is 16.8. The third kappa shape index (κ3) is 3.93. The Balaban J connectivity index is 2.09. The molecule has 2 aromatic rings. The van der Waals surface area contributed by atoms with Crippen LogP contribution in [0, 0.1) is 6.92 Å². The summed E-state index contributed by atoms with van der Waals surface area (Å²) in [6.07, 6.45) is -0.121. The average Bonchev–Trinajstić information content (AvgIpc) is 2.56. The predicted molar refractivity (Wildman–Crippen MR) is 82.7 cm³/mol. The smallest absolute Gasteiger partial charge is 0.254 e. The Morgan fingerprint density at radius 2 is 1.23 bits per heavy atom. The average molecular weight is 297 g/mol. The standard InChI is InChI=1S/C17H17N2O3/c1-2-17(22,18-15(20)13-9-5-3-6-10-13)19-16(21)14-11-7-4-8-12-14/h3-12,22H,1-2H2,(H,18,20)(H,19,21). The Kier molecular flexibility index (Phi) is 4.91. The van der Waals surface area contributed by atoms with Crippen molar-refractivity contribution in [1.29, 1.82) is 0 Å². The molecule has 0 unspecified atom stereocenters. The van der Waals surface area contributed by atoms with E-state index in [2.05, 4.69) is 17.6 Å². The first-order valence-corrected chi connectivity index (χ1v) is 6.81. The molecule has 2 aromatic carbocycles. The van der Waals surface area contributed by atoms with Gasteiger partial charge in [0.05, 0.1) is 0 Å². The highest BCUT2D eigenvalue weighted by Crippen LogP contribution is 2.07. The highest BCUT2D eigenvalue weighted by atomic mass is 16.3. The molecule has 0 saturated heterocycles. The summed E-state index contributed by atoms with van der Waals surface area (Å²) >= 11 is 0. The van der Waals surface area contributed by atoms with Gasteiger partial charge in [0.2, 0.25) is 5.85 Å². The van der Waals surface area contributed by atoms with Crippen LogP contribution in [0.4, 0.5) is 0 Å². The van der Waals surface area contributed by atoms with E-state index in [0.717, 1.165) is 0 Å². The van der Waals surface area contributed by atoms with E-state index in [-0.39, 0.29) is 6.42 Å². The summed E-state index contributed by atoms with van der Waals surface area (Å²) in [4.78, 5) is 24.2. The molecule has 0 aliphatic rings. The molecule has 22 heavy (non-hydrogen) atoms. The van der Waals surface area contributed by atoms with Gasteiger partial charge in [0, 0.05) is 17.5 Å². The normalized spacial score (nSPS) is 10.8. The number of aliphatic hydroxyl groups is 1. The summed E-state index contributed by atoms with van der Waals surface area (Å²) < 4.78 is 0. The monoisotopic (exact) mass is 297 g/mol. The zero-order chi connectivity index (χ0) is 16.0. The van der Waals surface area contributed by atoms with Gasteiger partial charge in [-0.05, 0) is 31.2 Å². The number of rotatable bonds is 5. The van der Waals surface area contributed by atoms with Crippen molar-refractivity contribution in [3.05, 3.63) is 78.7 Å². The molecule has 0 aromatic heterocycles. The van der Waals surface area contributed by atoms with Crippen molar-refractivity contribution < 1.29 is 14.7 Å². The highest BCUT2D eigenvalue weighted by molar-refractivity contribution is 5.97. The van der Waals surface area contributed by atoms with Gasteiger partial charge in [-0.3, -0.25) is 9.59 Å². The lowest BCUT2D eigenvalue weighted by molar-refractivity contribution is -0.0150. The maximum atomic E-state index is 12.1. The first-order valence-electron chi connectivity index (χ1n) is 6.81. The number of carbonyl (C=O) groups excluding carboxylic acids is 2. The number of benzene rings is 2. The molecule has 0 spiro atoms. The molecule has 2 rings (SSSR count). The van der Waals surface area contributed by atoms with Crippen LogP contribution in [-0.4, -0.2) is 22.8 Å². The van der Waals surface area contributed by atoms with Crippen molar-refractivity contribution in [1.82, 2.24) is 10.6 Å². The second kappa shape index (κ2) is 6.87. The molecule has 0 bridgehead atoms. The van der Waals surface area contributed by atoms with Crippen LogP contribution in [0.3, 0.4) is 0 Å². The first-order chi connectivity index (χ1) is 10.5. The fourth-order valence-electron chi connectivity index (χ4n) is 1.86. The van der Waals surface area contributed by atoms with Crippen molar-refractivity contribution in [3.63, 3.8) is 0 Å². The van der Waals surface area contributed by atoms with Gasteiger partial charge in [0.15, 0.2) is 0 Å². The Morgan fingerprint density at radius 1 is 0.864 bits per heavy atom. The molecular weight excluding hydrogens is 280 g/mol. The summed E-state index contributed by atoms with van der Waals surface area (Å²) in [7, 11) is 0. The van der Waals surface area contributed by atoms with Gasteiger partial charge in [-0.1, -0.05) is 36.4 Å². The number of amides is 2. The van der Waals surface area contributed by atoms with Crippen molar-refractivity contribution in [3.8, 4) is 0 Å². The number of nitrogens with one attached hydrogen (secondary N) is 2. The summed E-state index contributed by atoms with van der Waals surface area (Å²) in [5.74, 6) is -2.92. The Hall–Kier alpha value is -2.66. The minimum atomic E-state index is -1.92. The summed E-state index contributed by atoms with van der Waals surface area (Å²) in [6.45, 7) is 3.57. The van der Waals surface area contributed by atoms with E-state index in [1.54, 1.807) is 60.7 Å². The topological polar surface area (TPSA) is 78.4 Å². The van der Waals surface area contributed by atoms with Crippen LogP contribution in [0.2, 0.25) is 0 Å². The van der Waals surface area contributed by atoms with Gasteiger partial charge in [-0.25, -0.2) is 0 Å². The maximum Gasteiger partial charge on any atom is 0.254 e. The van der Waals surface area contributed by atoms with Gasteiger partial charge in [0.1, 0.15) is 0 Å². The Bertz CT molecular complexity index is 588. The highest BCUT2D eigenvalue weighted by Gasteiger charge is 2.29. The fraction of sp³-hybridized carbons (Fsp3) is 0.118. The Labute approximate surface area is 129 Å². The molecule has 0 heterocycles. The molecule has 2 amide bonds. The van der Waals surface area contributed by atoms with E-state index in [9.17, 15) is 14.7 Å². The van der Waals surface area contributed by atoms with Crippen LogP contribution in [0.5, 0.6) is 0 Å². The third-order valence-corrected chi connectivity index (χ3v) is 3.07. The van der Waals surface area contributed by atoms with Crippen LogP contribution < -0.4 is 10.6 Å². The van der Waals surface area contributed by atoms with Gasteiger partial charge in [-0.15, -0.1) is 0 Å². The molecule has 0 saturated carbocycles. The van der Waals surface area contributed by atoms with E-state index in [4.69, 9.17) is 0 Å². The fourth-order valence-corrected chi connectivity index (χ4v) is 1.86. The molecule has 0 atom stereocenters. The van der Waals surface area contributed by atoms with E-state index in [1.807, 2.05) is 0 Å². The van der Waals surface area contributed by atoms with Gasteiger partial charge >= 0.3 is 0 Å². The number of hydrogen-bond acceptors (Lipinski definition) is 3. The third-order valence-electron chi connectivity index (χ3n) is 3.07. The quantitative estimate of drug-likeness (QED) is 0.735. The van der Waals surface area contributed by atoms with E-state index in [0.29, 0.717) is 11.1 Å². The van der Waals surface area contributed by atoms with E-state index in [1.165, 1.54) is 0 Å². The zero-order valence-electron chi connectivity index (χ0n) is 12.0. The molecule has 0 aliphatic carbocycles. The maximum absolute atomic E-state index is 12.1. The number of carbonyl (C=O) groups is 2. The van der Waals surface area contributed by atoms with Crippen molar-refractivity contribution in [2.45, 2.75) is 12.3 Å². The van der Waals surface area contributed by atoms with Crippen molar-refractivity contribution in [2.24, 2.45) is 0 Å². The van der Waals surface area contributed by atoms with E-state index < -0.39 is 17.7 Å². The number of hydrogen-bond donors (Lipinski definition) is 3. The van der Waals surface area contributed by atoms with Gasteiger partial charge in [-0.2, -0.15) is 0 Å². The minimum absolute atomic E-state index is 0.121. The van der Waals surface area contributed by atoms with Crippen LogP contribution in [0.15, 0.2) is 60.7 Å². The van der Waals surface area contributed by atoms with Crippen LogP contribution in [0.1, 0.15) is 27.1 Å². The first kappa shape index (κ1) is 15.7. The Morgan fingerprint density at radius 3 is 1.55 bits per heavy atom. The predicted octanol–water partition coefficient (Wildman–Crippen LogP) is 1.72. The zero-order valence-corrected chi connectivity index (χ0v) is 12.0. The lowest BCUT2D eigenvalue weighted by Gasteiger charge is -2.29. The second-order valence-corrected chi connectivity index (χ2v) is 4.75. The molecule has 113 valence electrons. The van der Waals surface area contributed by atoms with Gasteiger partial charge < -0.3 is 15.7 Å². The minimum Gasteiger partial charge on any atom is -0.354 e. The molecule has 5 nitrogen and oxygen atoms in total. The van der Waals surface area contributed by atoms with Crippen LogP contribution >= 0.6 is 0 Å². The lowest BCUT2D eigenvalue weighted by atomic mass is 10.1. The van der Waals surface area contributed by atoms with Crippen molar-refractivity contribution >= 4 is 11.8 Å². The lowest BCUT2D eigenvalue weighted by Crippen LogP contribution is -2.60. The van der Waals surface area contributed by atoms with Crippen molar-refractivity contribution in [2.75, 3.05) is 0 Å². The molecule has 3 N–H and O–H groups in total. The molecule has 5 heteroatoms. The molecule has 0 aliphatic heterocycles. The summed E-state index contributed by atoms with van der Waals surface area (Å²) in [5.41, 5.74) is 0.756. The van der Waals surface area contributed by atoms with Crippen LogP contribution in [-0.2, 0) is 0 Å². The van der Waals surface area contributed by atoms with Crippen LogP contribution in [0.25, 0.3) is 0 Å². The molecule has 1 radical (unpaired) electrons. The summed E-state index contributed by atoms with van der Waals surface area (Å²) in [5, 5.41) is 15.1. The largest absolute Gasteiger partial charge is 0.354 e. The van der Waals surface area contributed by atoms with Gasteiger partial charge in [0.25, 0.3) is 11.8 Å². The molecule has 0 fully saturated rings. The van der Waals surface area contributed by atoms with E-state index >= 15 is 0 Å². The second-order valence-electron chi connectivity index (χ2n) is 4.75. The SMILES string of the molecule is [CH2]CC(O)(NC(=O)c1ccccc1)NC(=O)c1ccccc1.